The Hall–Kier alpha value is -4.96. The van der Waals surface area contributed by atoms with Gasteiger partial charge in [-0.1, -0.05) is 84.9 Å². The van der Waals surface area contributed by atoms with Crippen LogP contribution in [0.25, 0.3) is 44.3 Å². The van der Waals surface area contributed by atoms with Crippen molar-refractivity contribution in [2.24, 2.45) is 0 Å². The van der Waals surface area contributed by atoms with Crippen LogP contribution in [0.4, 0.5) is 0 Å². The number of rotatable bonds is 8. The maximum atomic E-state index is 12.8. The molecule has 0 radical (unpaired) electrons. The predicted molar refractivity (Wildman–Crippen MR) is 180 cm³/mol. The van der Waals surface area contributed by atoms with E-state index in [0.29, 0.717) is 32.1 Å². The highest BCUT2D eigenvalue weighted by Crippen LogP contribution is 2.62. The molecule has 0 amide bonds. The van der Waals surface area contributed by atoms with Crippen molar-refractivity contribution in [3.63, 3.8) is 0 Å². The number of hydrogen-bond donors (Lipinski definition) is 0. The van der Waals surface area contributed by atoms with Crippen LogP contribution in [0, 0.1) is 0 Å². The van der Waals surface area contributed by atoms with Crippen molar-refractivity contribution in [1.29, 1.82) is 0 Å². The molecule has 2 unspecified atom stereocenters. The second-order valence-electron chi connectivity index (χ2n) is 13.0. The fourth-order valence-corrected chi connectivity index (χ4v) is 8.27. The molecule has 0 aliphatic heterocycles. The van der Waals surface area contributed by atoms with E-state index in [1.54, 1.807) is 13.8 Å². The highest BCUT2D eigenvalue weighted by atomic mass is 16.1. The first-order valence-corrected chi connectivity index (χ1v) is 15.9. The van der Waals surface area contributed by atoms with Crippen LogP contribution in [-0.2, 0) is 20.4 Å². The maximum Gasteiger partial charge on any atom is 0.129 e. The molecule has 2 aliphatic carbocycles. The summed E-state index contributed by atoms with van der Waals surface area (Å²) in [6, 6.07) is 38.4. The smallest absolute Gasteiger partial charge is 0.129 e. The van der Waals surface area contributed by atoms with Gasteiger partial charge in [0.25, 0.3) is 0 Å². The average Bonchev–Trinajstić information content (AvgIpc) is 3.47. The molecule has 0 saturated carbocycles. The minimum atomic E-state index is -0.508. The zero-order chi connectivity index (χ0) is 30.8. The monoisotopic (exact) mass is 586 g/mol. The van der Waals surface area contributed by atoms with E-state index in [1.807, 2.05) is 12.1 Å². The van der Waals surface area contributed by atoms with Gasteiger partial charge in [0.15, 0.2) is 0 Å². The van der Waals surface area contributed by atoms with Gasteiger partial charge >= 0.3 is 0 Å². The second-order valence-corrected chi connectivity index (χ2v) is 13.0. The Morgan fingerprint density at radius 3 is 1.38 bits per heavy atom. The van der Waals surface area contributed by atoms with Crippen LogP contribution in [0.5, 0.6) is 0 Å². The van der Waals surface area contributed by atoms with Gasteiger partial charge in [-0.15, -0.1) is 0 Å². The van der Waals surface area contributed by atoms with Crippen LogP contribution in [0.2, 0.25) is 0 Å². The van der Waals surface area contributed by atoms with Gasteiger partial charge in [-0.2, -0.15) is 0 Å². The Bertz CT molecular complexity index is 2030. The summed E-state index contributed by atoms with van der Waals surface area (Å²) in [5.41, 5.74) is 9.94. The minimum Gasteiger partial charge on any atom is -0.300 e. The highest BCUT2D eigenvalue weighted by molar-refractivity contribution is 5.91. The molecule has 0 bridgehead atoms. The van der Waals surface area contributed by atoms with Crippen LogP contribution in [0.15, 0.2) is 109 Å². The van der Waals surface area contributed by atoms with Gasteiger partial charge in [0.2, 0.25) is 0 Å². The molecular weight excluding hydrogens is 552 g/mol. The number of nitrogens with zero attached hydrogens (tertiary/aromatic N) is 2. The molecule has 4 nitrogen and oxygen atoms in total. The van der Waals surface area contributed by atoms with Gasteiger partial charge in [0.1, 0.15) is 11.6 Å². The summed E-state index contributed by atoms with van der Waals surface area (Å²) < 4.78 is 0. The normalized spacial score (nSPS) is 19.2. The van der Waals surface area contributed by atoms with Crippen LogP contribution in [0.3, 0.4) is 0 Å². The average molecular weight is 587 g/mol. The van der Waals surface area contributed by atoms with Crippen molar-refractivity contribution in [3.05, 3.63) is 131 Å². The van der Waals surface area contributed by atoms with Gasteiger partial charge in [0, 0.05) is 45.6 Å². The number of benzene rings is 4. The van der Waals surface area contributed by atoms with Crippen LogP contribution < -0.4 is 0 Å². The van der Waals surface area contributed by atoms with E-state index >= 15 is 0 Å². The molecule has 0 saturated heterocycles. The van der Waals surface area contributed by atoms with Gasteiger partial charge in [-0.25, -0.2) is 9.97 Å². The molecule has 0 spiro atoms. The van der Waals surface area contributed by atoms with Crippen molar-refractivity contribution in [1.82, 2.24) is 9.97 Å². The third kappa shape index (κ3) is 4.19. The molecule has 2 heterocycles. The van der Waals surface area contributed by atoms with E-state index in [2.05, 4.69) is 97.1 Å². The number of para-hydroxylation sites is 2. The number of Topliss-reactive ketones (excluding diaryl/α,β-unsaturated/α-hetero) is 2. The standard InChI is InChI=1S/C41H34N2O2/c1-26(44)19-21-40(32-15-7-5-13-30(32)38-34(40)23-28-11-3-9-17-36(28)42-38)25-41(22-20-27(2)45)33-16-8-6-14-31(33)39-35(41)24-29-12-4-10-18-37(29)43-39/h3-18,23-24H,19-22,25H2,1-2H3. The molecule has 2 aliphatic rings. The number of pyridine rings is 2. The van der Waals surface area contributed by atoms with E-state index in [4.69, 9.17) is 9.97 Å². The molecule has 0 fully saturated rings. The molecule has 4 aromatic carbocycles. The molecule has 0 N–H and O–H groups in total. The fourth-order valence-electron chi connectivity index (χ4n) is 8.27. The first-order chi connectivity index (χ1) is 21.9. The SMILES string of the molecule is CC(=O)CCC1(CC2(CCC(C)=O)c3ccccc3-c3nc4ccccc4cc32)c2ccccc2-c2nc3ccccc3cc21. The van der Waals surface area contributed by atoms with Crippen LogP contribution in [0.1, 0.15) is 68.2 Å². The summed E-state index contributed by atoms with van der Waals surface area (Å²) >= 11 is 0. The number of ketones is 2. The first kappa shape index (κ1) is 27.6. The first-order valence-electron chi connectivity index (χ1n) is 15.9. The highest BCUT2D eigenvalue weighted by Gasteiger charge is 2.53. The van der Waals surface area contributed by atoms with Gasteiger partial charge in [0.05, 0.1) is 22.4 Å². The number of aromatic nitrogens is 2. The lowest BCUT2D eigenvalue weighted by Gasteiger charge is -2.42. The molecule has 220 valence electrons. The fraction of sp³-hybridized carbons (Fsp3) is 0.220. The number of carbonyl (C=O) groups is 2. The van der Waals surface area contributed by atoms with Gasteiger partial charge in [-0.05, 0) is 79.6 Å². The third-order valence-electron chi connectivity index (χ3n) is 10.3. The number of hydrogen-bond acceptors (Lipinski definition) is 4. The summed E-state index contributed by atoms with van der Waals surface area (Å²) in [7, 11) is 0. The molecule has 2 atom stereocenters. The zero-order valence-corrected chi connectivity index (χ0v) is 25.6. The molecule has 8 rings (SSSR count). The Morgan fingerprint density at radius 2 is 0.933 bits per heavy atom. The third-order valence-corrected chi connectivity index (χ3v) is 10.3. The van der Waals surface area contributed by atoms with E-state index in [9.17, 15) is 9.59 Å². The molecule has 4 heteroatoms. The second kappa shape index (κ2) is 10.3. The summed E-state index contributed by atoms with van der Waals surface area (Å²) in [5.74, 6) is 0.346. The van der Waals surface area contributed by atoms with E-state index in [1.165, 1.54) is 22.3 Å². The van der Waals surface area contributed by atoms with Crippen molar-refractivity contribution in [2.45, 2.75) is 56.8 Å². The van der Waals surface area contributed by atoms with Gasteiger partial charge in [-0.3, -0.25) is 0 Å². The maximum absolute atomic E-state index is 12.8. The predicted octanol–water partition coefficient (Wildman–Crippen LogP) is 9.14. The number of fused-ring (bicyclic) bond motifs is 8. The molecule has 6 aromatic rings. The Kier molecular flexibility index (Phi) is 6.32. The van der Waals surface area contributed by atoms with Crippen LogP contribution in [-0.4, -0.2) is 21.5 Å². The van der Waals surface area contributed by atoms with E-state index in [0.717, 1.165) is 44.3 Å². The van der Waals surface area contributed by atoms with Crippen molar-refractivity contribution >= 4 is 33.4 Å². The van der Waals surface area contributed by atoms with Crippen molar-refractivity contribution in [2.75, 3.05) is 0 Å². The van der Waals surface area contributed by atoms with Crippen molar-refractivity contribution < 1.29 is 9.59 Å². The minimum absolute atomic E-state index is 0.173. The lowest BCUT2D eigenvalue weighted by Crippen LogP contribution is -2.38. The Labute approximate surface area is 263 Å². The Balaban J connectivity index is 1.45. The summed E-state index contributed by atoms with van der Waals surface area (Å²) in [6.45, 7) is 3.38. The molecular formula is C41H34N2O2. The lowest BCUT2D eigenvalue weighted by molar-refractivity contribution is -0.118. The topological polar surface area (TPSA) is 59.9 Å². The quantitative estimate of drug-likeness (QED) is 0.178. The summed E-state index contributed by atoms with van der Waals surface area (Å²) in [6.07, 6.45) is 2.93. The Morgan fingerprint density at radius 1 is 0.533 bits per heavy atom. The zero-order valence-electron chi connectivity index (χ0n) is 25.6. The molecule has 2 aromatic heterocycles. The van der Waals surface area contributed by atoms with Gasteiger partial charge < -0.3 is 9.59 Å². The van der Waals surface area contributed by atoms with Crippen molar-refractivity contribution in [3.8, 4) is 22.5 Å². The largest absolute Gasteiger partial charge is 0.300 e. The van der Waals surface area contributed by atoms with E-state index in [-0.39, 0.29) is 11.6 Å². The number of carbonyl (C=O) groups excluding carboxylic acids is 2. The van der Waals surface area contributed by atoms with Crippen LogP contribution >= 0.6 is 0 Å². The summed E-state index contributed by atoms with van der Waals surface area (Å²) in [4.78, 5) is 36.1. The lowest BCUT2D eigenvalue weighted by atomic mass is 9.59. The summed E-state index contributed by atoms with van der Waals surface area (Å²) in [5, 5.41) is 2.18. The molecule has 45 heavy (non-hydrogen) atoms. The van der Waals surface area contributed by atoms with E-state index < -0.39 is 10.8 Å².